The number of aromatic hydroxyl groups is 1. The van der Waals surface area contributed by atoms with Gasteiger partial charge in [-0.1, -0.05) is 0 Å². The minimum Gasteiger partial charge on any atom is -0.508 e. The lowest BCUT2D eigenvalue weighted by Crippen LogP contribution is -2.37. The monoisotopic (exact) mass is 285 g/mol. The van der Waals surface area contributed by atoms with Crippen LogP contribution in [0.3, 0.4) is 0 Å². The summed E-state index contributed by atoms with van der Waals surface area (Å²) < 4.78 is 29.4. The van der Waals surface area contributed by atoms with Gasteiger partial charge in [-0.25, -0.2) is 8.42 Å². The topological polar surface area (TPSA) is 66.8 Å². The molecule has 19 heavy (non-hydrogen) atoms. The van der Waals surface area contributed by atoms with E-state index in [0.29, 0.717) is 6.42 Å². The summed E-state index contributed by atoms with van der Waals surface area (Å²) >= 11 is 0. The van der Waals surface area contributed by atoms with Crippen LogP contribution in [-0.4, -0.2) is 57.0 Å². The Kier molecular flexibility index (Phi) is 4.79. The second kappa shape index (κ2) is 6.36. The number of morpholine rings is 1. The molecule has 2 rings (SSSR count). The number of benzene rings is 1. The maximum absolute atomic E-state index is 12.1. The molecule has 0 amide bonds. The third-order valence-electron chi connectivity index (χ3n) is 3.19. The zero-order valence-electron chi connectivity index (χ0n) is 10.8. The summed E-state index contributed by atoms with van der Waals surface area (Å²) in [4.78, 5) is 2.49. The molecule has 1 aliphatic rings. The minimum absolute atomic E-state index is 0.0762. The molecule has 0 radical (unpaired) electrons. The number of ether oxygens (including phenoxy) is 1. The average Bonchev–Trinajstić information content (AvgIpc) is 2.40. The molecule has 0 saturated carbocycles. The highest BCUT2D eigenvalue weighted by Gasteiger charge is 2.16. The van der Waals surface area contributed by atoms with E-state index in [1.54, 1.807) is 0 Å². The minimum atomic E-state index is -3.25. The second-order valence-corrected chi connectivity index (χ2v) is 6.73. The number of phenols is 1. The zero-order valence-corrected chi connectivity index (χ0v) is 11.6. The van der Waals surface area contributed by atoms with Crippen molar-refractivity contribution in [3.05, 3.63) is 24.3 Å². The van der Waals surface area contributed by atoms with Crippen molar-refractivity contribution in [3.8, 4) is 5.75 Å². The molecule has 1 aromatic rings. The Bertz CT molecular complexity index is 492. The van der Waals surface area contributed by atoms with Crippen molar-refractivity contribution in [2.45, 2.75) is 11.3 Å². The van der Waals surface area contributed by atoms with Crippen LogP contribution in [-0.2, 0) is 14.6 Å². The molecule has 0 aliphatic carbocycles. The van der Waals surface area contributed by atoms with Crippen LogP contribution in [0.1, 0.15) is 6.42 Å². The number of hydrogen-bond donors (Lipinski definition) is 1. The van der Waals surface area contributed by atoms with Gasteiger partial charge in [0.1, 0.15) is 5.75 Å². The van der Waals surface area contributed by atoms with Crippen LogP contribution in [0.4, 0.5) is 0 Å². The zero-order chi connectivity index (χ0) is 13.7. The molecule has 1 aromatic carbocycles. The molecule has 5 nitrogen and oxygen atoms in total. The molecule has 1 aliphatic heterocycles. The average molecular weight is 285 g/mol. The van der Waals surface area contributed by atoms with Crippen LogP contribution >= 0.6 is 0 Å². The van der Waals surface area contributed by atoms with E-state index in [2.05, 4.69) is 4.90 Å². The first kappa shape index (κ1) is 14.3. The molecule has 0 aromatic heterocycles. The van der Waals surface area contributed by atoms with Crippen molar-refractivity contribution in [2.75, 3.05) is 38.6 Å². The number of sulfone groups is 1. The van der Waals surface area contributed by atoms with Gasteiger partial charge in [-0.2, -0.15) is 0 Å². The van der Waals surface area contributed by atoms with Crippen LogP contribution in [0, 0.1) is 0 Å². The van der Waals surface area contributed by atoms with Gasteiger partial charge in [0.2, 0.25) is 0 Å². The van der Waals surface area contributed by atoms with Gasteiger partial charge in [0.15, 0.2) is 9.84 Å². The van der Waals surface area contributed by atoms with Crippen molar-refractivity contribution in [1.82, 2.24) is 4.90 Å². The van der Waals surface area contributed by atoms with E-state index < -0.39 is 9.84 Å². The summed E-state index contributed by atoms with van der Waals surface area (Å²) in [5.41, 5.74) is 0. The fraction of sp³-hybridized carbons (Fsp3) is 0.538. The summed E-state index contributed by atoms with van der Waals surface area (Å²) in [6.45, 7) is 3.98. The normalized spacial score (nSPS) is 17.5. The SMILES string of the molecule is O=S(=O)(CCCN1CCOCC1)c1ccc(O)cc1. The largest absolute Gasteiger partial charge is 0.508 e. The summed E-state index contributed by atoms with van der Waals surface area (Å²) in [5.74, 6) is 0.210. The van der Waals surface area contributed by atoms with Crippen molar-refractivity contribution in [1.29, 1.82) is 0 Å². The third kappa shape index (κ3) is 4.19. The van der Waals surface area contributed by atoms with Gasteiger partial charge in [0.05, 0.1) is 23.9 Å². The van der Waals surface area contributed by atoms with Crippen LogP contribution in [0.5, 0.6) is 5.75 Å². The number of hydrogen-bond acceptors (Lipinski definition) is 5. The van der Waals surface area contributed by atoms with E-state index >= 15 is 0 Å². The first-order valence-electron chi connectivity index (χ1n) is 6.40. The Balaban J connectivity index is 1.85. The van der Waals surface area contributed by atoms with E-state index in [-0.39, 0.29) is 16.4 Å². The van der Waals surface area contributed by atoms with Crippen LogP contribution in [0.15, 0.2) is 29.2 Å². The first-order chi connectivity index (χ1) is 9.08. The lowest BCUT2D eigenvalue weighted by Gasteiger charge is -2.26. The van der Waals surface area contributed by atoms with E-state index in [9.17, 15) is 8.42 Å². The molecule has 1 saturated heterocycles. The number of nitrogens with zero attached hydrogens (tertiary/aromatic N) is 1. The molecule has 0 atom stereocenters. The third-order valence-corrected chi connectivity index (χ3v) is 5.00. The standard InChI is InChI=1S/C13H19NO4S/c15-12-2-4-13(5-3-12)19(16,17)11-1-6-14-7-9-18-10-8-14/h2-5,15H,1,6-11H2. The quantitative estimate of drug-likeness (QED) is 0.870. The Labute approximate surface area is 113 Å². The van der Waals surface area contributed by atoms with Crippen LogP contribution < -0.4 is 0 Å². The smallest absolute Gasteiger partial charge is 0.178 e. The Morgan fingerprint density at radius 3 is 2.42 bits per heavy atom. The summed E-state index contributed by atoms with van der Waals surface area (Å²) in [7, 11) is -3.25. The molecule has 0 unspecified atom stereocenters. The van der Waals surface area contributed by atoms with Gasteiger partial charge >= 0.3 is 0 Å². The molecule has 6 heteroatoms. The van der Waals surface area contributed by atoms with Gasteiger partial charge in [-0.05, 0) is 37.2 Å². The lowest BCUT2D eigenvalue weighted by molar-refractivity contribution is 0.0381. The fourth-order valence-corrected chi connectivity index (χ4v) is 3.37. The maximum atomic E-state index is 12.1. The fourth-order valence-electron chi connectivity index (χ4n) is 2.07. The van der Waals surface area contributed by atoms with Crippen LogP contribution in [0.2, 0.25) is 0 Å². The van der Waals surface area contributed by atoms with Crippen molar-refractivity contribution >= 4 is 9.84 Å². The Morgan fingerprint density at radius 1 is 1.16 bits per heavy atom. The highest BCUT2D eigenvalue weighted by atomic mass is 32.2. The maximum Gasteiger partial charge on any atom is 0.178 e. The van der Waals surface area contributed by atoms with E-state index in [4.69, 9.17) is 9.84 Å². The predicted molar refractivity (Wildman–Crippen MR) is 72.0 cm³/mol. The molecule has 1 heterocycles. The van der Waals surface area contributed by atoms with E-state index in [0.717, 1.165) is 32.8 Å². The number of phenolic OH excluding ortho intramolecular Hbond substituents is 1. The van der Waals surface area contributed by atoms with Crippen molar-refractivity contribution in [3.63, 3.8) is 0 Å². The van der Waals surface area contributed by atoms with E-state index in [1.165, 1.54) is 24.3 Å². The summed E-state index contributed by atoms with van der Waals surface area (Å²) in [6, 6.07) is 5.68. The lowest BCUT2D eigenvalue weighted by atomic mass is 10.3. The highest BCUT2D eigenvalue weighted by molar-refractivity contribution is 7.91. The molecule has 1 N–H and O–H groups in total. The molecular formula is C13H19NO4S. The second-order valence-electron chi connectivity index (χ2n) is 4.62. The predicted octanol–water partition coefficient (Wildman–Crippen LogP) is 0.888. The first-order valence-corrected chi connectivity index (χ1v) is 8.05. The van der Waals surface area contributed by atoms with Gasteiger partial charge in [-0.3, -0.25) is 4.90 Å². The summed E-state index contributed by atoms with van der Waals surface area (Å²) in [5, 5.41) is 9.16. The molecular weight excluding hydrogens is 266 g/mol. The molecule has 0 bridgehead atoms. The van der Waals surface area contributed by atoms with Gasteiger partial charge < -0.3 is 9.84 Å². The Morgan fingerprint density at radius 2 is 1.79 bits per heavy atom. The van der Waals surface area contributed by atoms with Crippen molar-refractivity contribution in [2.24, 2.45) is 0 Å². The van der Waals surface area contributed by atoms with Gasteiger partial charge in [0, 0.05) is 13.1 Å². The van der Waals surface area contributed by atoms with Crippen LogP contribution in [0.25, 0.3) is 0 Å². The van der Waals surface area contributed by atoms with E-state index in [1.807, 2.05) is 0 Å². The Hall–Kier alpha value is -1.11. The molecule has 0 spiro atoms. The van der Waals surface area contributed by atoms with Gasteiger partial charge in [0.25, 0.3) is 0 Å². The number of rotatable bonds is 5. The van der Waals surface area contributed by atoms with Crippen molar-refractivity contribution < 1.29 is 18.3 Å². The summed E-state index contributed by atoms with van der Waals surface area (Å²) in [6.07, 6.45) is 0.614. The molecule has 1 fully saturated rings. The molecule has 106 valence electrons. The van der Waals surface area contributed by atoms with Gasteiger partial charge in [-0.15, -0.1) is 0 Å². The highest BCUT2D eigenvalue weighted by Crippen LogP contribution is 2.16.